The Bertz CT molecular complexity index is 381. The summed E-state index contributed by atoms with van der Waals surface area (Å²) in [5, 5.41) is 2.60. The van der Waals surface area contributed by atoms with E-state index in [2.05, 4.69) is 15.3 Å². The first-order valence-corrected chi connectivity index (χ1v) is 4.00. The Balaban J connectivity index is 2.49. The molecule has 2 aliphatic heterocycles. The number of nitrogens with one attached hydrogen (secondary N) is 1. The van der Waals surface area contributed by atoms with Crippen LogP contribution in [0, 0.1) is 0 Å². The summed E-state index contributed by atoms with van der Waals surface area (Å²) >= 11 is 0. The number of fused-ring (bicyclic) bond motifs is 1. The third kappa shape index (κ3) is 1.11. The van der Waals surface area contributed by atoms with Crippen molar-refractivity contribution in [3.05, 3.63) is 11.0 Å². The fraction of sp³-hybridized carbons (Fsp3) is 0.375. The van der Waals surface area contributed by atoms with Gasteiger partial charge in [0, 0.05) is 0 Å². The monoisotopic (exact) mass is 173 g/mol. The van der Waals surface area contributed by atoms with Gasteiger partial charge in [0.25, 0.3) is 0 Å². The largest absolute Gasteiger partial charge is 0.309 e. The second kappa shape index (κ2) is 2.55. The quantitative estimate of drug-likeness (QED) is 0.505. The molecule has 1 amide bonds. The molecule has 1 N–H and O–H groups in total. The van der Waals surface area contributed by atoms with Crippen molar-refractivity contribution in [1.82, 2.24) is 5.32 Å². The maximum atomic E-state index is 11.2. The molecule has 0 fully saturated rings. The molecule has 0 saturated heterocycles. The smallest absolute Gasteiger partial charge is 0.242 e. The van der Waals surface area contributed by atoms with Gasteiger partial charge in [-0.15, -0.1) is 0 Å². The Morgan fingerprint density at radius 2 is 2.15 bits per heavy atom. The van der Waals surface area contributed by atoms with Crippen molar-refractivity contribution >= 4 is 25.4 Å². The lowest BCUT2D eigenvalue weighted by atomic mass is 9.84. The van der Waals surface area contributed by atoms with E-state index >= 15 is 0 Å². The van der Waals surface area contributed by atoms with E-state index in [0.29, 0.717) is 11.7 Å². The van der Waals surface area contributed by atoms with Crippen LogP contribution in [-0.4, -0.2) is 31.5 Å². The summed E-state index contributed by atoms with van der Waals surface area (Å²) in [7, 11) is 5.57. The van der Waals surface area contributed by atoms with Crippen molar-refractivity contribution in [2.24, 2.45) is 9.98 Å². The summed E-state index contributed by atoms with van der Waals surface area (Å²) in [6, 6.07) is -0.169. The van der Waals surface area contributed by atoms with E-state index < -0.39 is 0 Å². The Morgan fingerprint density at radius 3 is 2.85 bits per heavy atom. The molecule has 2 aliphatic rings. The van der Waals surface area contributed by atoms with E-state index in [1.165, 1.54) is 0 Å². The van der Waals surface area contributed by atoms with Gasteiger partial charge >= 0.3 is 0 Å². The lowest BCUT2D eigenvalue weighted by Gasteiger charge is -2.21. The van der Waals surface area contributed by atoms with Gasteiger partial charge in [0.2, 0.25) is 5.91 Å². The first kappa shape index (κ1) is 8.22. The highest BCUT2D eigenvalue weighted by Gasteiger charge is 2.30. The van der Waals surface area contributed by atoms with Gasteiger partial charge in [0.05, 0.1) is 0 Å². The molecule has 4 nitrogen and oxygen atoms in total. The summed E-state index contributed by atoms with van der Waals surface area (Å²) in [4.78, 5) is 19.6. The number of hydrogen-bond donors (Lipinski definition) is 1. The van der Waals surface area contributed by atoms with Crippen LogP contribution in [0.25, 0.3) is 0 Å². The molecule has 2 radical (unpaired) electrons. The van der Waals surface area contributed by atoms with Crippen LogP contribution in [0.15, 0.2) is 21.0 Å². The number of hydrogen-bond acceptors (Lipinski definition) is 3. The van der Waals surface area contributed by atoms with Crippen LogP contribution in [-0.2, 0) is 4.79 Å². The highest BCUT2D eigenvalue weighted by atomic mass is 16.1. The summed E-state index contributed by atoms with van der Waals surface area (Å²) in [6.07, 6.45) is 0. The van der Waals surface area contributed by atoms with Crippen molar-refractivity contribution in [3.63, 3.8) is 0 Å². The minimum absolute atomic E-state index is 0.169. The molecule has 0 aromatic carbocycles. The van der Waals surface area contributed by atoms with Crippen molar-refractivity contribution in [3.8, 4) is 0 Å². The van der Waals surface area contributed by atoms with Crippen LogP contribution in [0.5, 0.6) is 0 Å². The molecule has 0 aromatic rings. The number of amidine groups is 2. The summed E-state index contributed by atoms with van der Waals surface area (Å²) in [6.45, 7) is 3.59. The van der Waals surface area contributed by atoms with Gasteiger partial charge in [0.15, 0.2) is 0 Å². The molecule has 1 unspecified atom stereocenters. The fourth-order valence-electron chi connectivity index (χ4n) is 1.42. The maximum absolute atomic E-state index is 11.2. The Kier molecular flexibility index (Phi) is 1.61. The number of carbonyl (C=O) groups is 1. The Morgan fingerprint density at radius 1 is 1.46 bits per heavy atom. The minimum atomic E-state index is -0.280. The number of aliphatic imine (C=N–C) groups is 2. The SMILES string of the molecule is [B]C1=C(C)C2N=C(C)N=C2NC1=O. The van der Waals surface area contributed by atoms with Crippen molar-refractivity contribution in [1.29, 1.82) is 0 Å². The van der Waals surface area contributed by atoms with Gasteiger partial charge in [0.1, 0.15) is 25.6 Å². The highest BCUT2D eigenvalue weighted by molar-refractivity contribution is 6.40. The fourth-order valence-corrected chi connectivity index (χ4v) is 1.42. The number of nitrogens with zero attached hydrogens (tertiary/aromatic N) is 2. The molecular weight excluding hydrogens is 165 g/mol. The van der Waals surface area contributed by atoms with E-state index in [1.807, 2.05) is 0 Å². The van der Waals surface area contributed by atoms with Crippen LogP contribution in [0.1, 0.15) is 13.8 Å². The predicted molar refractivity (Wildman–Crippen MR) is 50.9 cm³/mol. The molecule has 2 heterocycles. The second-order valence-corrected chi connectivity index (χ2v) is 3.13. The topological polar surface area (TPSA) is 53.8 Å². The Hall–Kier alpha value is -1.39. The molecule has 1 atom stereocenters. The van der Waals surface area contributed by atoms with E-state index in [-0.39, 0.29) is 17.4 Å². The van der Waals surface area contributed by atoms with E-state index in [1.54, 1.807) is 13.8 Å². The zero-order valence-corrected chi connectivity index (χ0v) is 7.46. The first-order valence-electron chi connectivity index (χ1n) is 4.00. The lowest BCUT2D eigenvalue weighted by molar-refractivity contribution is -0.115. The van der Waals surface area contributed by atoms with Crippen LogP contribution in [0.2, 0.25) is 0 Å². The zero-order chi connectivity index (χ0) is 9.59. The van der Waals surface area contributed by atoms with Crippen LogP contribution >= 0.6 is 0 Å². The van der Waals surface area contributed by atoms with Gasteiger partial charge in [-0.3, -0.25) is 9.79 Å². The maximum Gasteiger partial charge on any atom is 0.242 e. The Labute approximate surface area is 77.2 Å². The molecule has 13 heavy (non-hydrogen) atoms. The van der Waals surface area contributed by atoms with Crippen LogP contribution < -0.4 is 5.32 Å². The number of rotatable bonds is 0. The standard InChI is InChI=1S/C8H8BN3O/c1-3-5(9)8(13)12-7-6(3)10-4(2)11-7/h6H,1-2H3,(H,10,11,12,13). The first-order chi connectivity index (χ1) is 6.09. The average Bonchev–Trinajstić information content (AvgIpc) is 2.42. The van der Waals surface area contributed by atoms with E-state index in [9.17, 15) is 4.79 Å². The zero-order valence-electron chi connectivity index (χ0n) is 7.46. The van der Waals surface area contributed by atoms with Crippen molar-refractivity contribution in [2.75, 3.05) is 0 Å². The van der Waals surface area contributed by atoms with Crippen LogP contribution in [0.4, 0.5) is 0 Å². The number of amides is 1. The molecule has 0 saturated carbocycles. The molecule has 0 spiro atoms. The van der Waals surface area contributed by atoms with Gasteiger partial charge in [-0.2, -0.15) is 0 Å². The predicted octanol–water partition coefficient (Wildman–Crippen LogP) is -0.242. The molecule has 2 rings (SSSR count). The normalized spacial score (nSPS) is 26.6. The van der Waals surface area contributed by atoms with Gasteiger partial charge in [-0.05, 0) is 24.9 Å². The molecule has 0 aromatic heterocycles. The third-order valence-electron chi connectivity index (χ3n) is 2.18. The van der Waals surface area contributed by atoms with Gasteiger partial charge < -0.3 is 5.32 Å². The van der Waals surface area contributed by atoms with Gasteiger partial charge in [-0.25, -0.2) is 4.99 Å². The van der Waals surface area contributed by atoms with E-state index in [4.69, 9.17) is 7.85 Å². The second-order valence-electron chi connectivity index (χ2n) is 3.13. The molecule has 0 aliphatic carbocycles. The molecule has 64 valence electrons. The van der Waals surface area contributed by atoms with E-state index in [0.717, 1.165) is 5.57 Å². The summed E-state index contributed by atoms with van der Waals surface area (Å²) in [5.74, 6) is 0.987. The minimum Gasteiger partial charge on any atom is -0.309 e. The highest BCUT2D eigenvalue weighted by Crippen LogP contribution is 2.19. The molecule has 5 heteroatoms. The van der Waals surface area contributed by atoms with Gasteiger partial charge in [-0.1, -0.05) is 0 Å². The van der Waals surface area contributed by atoms with Crippen LogP contribution in [0.3, 0.4) is 0 Å². The summed E-state index contributed by atoms with van der Waals surface area (Å²) < 4.78 is 0. The summed E-state index contributed by atoms with van der Waals surface area (Å²) in [5.41, 5.74) is 1.03. The number of carbonyl (C=O) groups excluding carboxylic acids is 1. The lowest BCUT2D eigenvalue weighted by Crippen LogP contribution is -2.43. The van der Waals surface area contributed by atoms with Crippen molar-refractivity contribution in [2.45, 2.75) is 19.9 Å². The molecular formula is C8H8BN3O. The third-order valence-corrected chi connectivity index (χ3v) is 2.18. The van der Waals surface area contributed by atoms with Crippen molar-refractivity contribution < 1.29 is 4.79 Å². The average molecular weight is 173 g/mol. The molecule has 0 bridgehead atoms.